The van der Waals surface area contributed by atoms with Gasteiger partial charge in [0.1, 0.15) is 11.9 Å². The number of piperidine rings is 1. The molecule has 2 heterocycles. The Morgan fingerprint density at radius 2 is 1.68 bits per heavy atom. The van der Waals surface area contributed by atoms with Crippen LogP contribution in [0.1, 0.15) is 48.4 Å². The minimum absolute atomic E-state index is 0.0891. The van der Waals surface area contributed by atoms with Crippen molar-refractivity contribution in [1.82, 2.24) is 9.47 Å². The maximum atomic E-state index is 14.9. The zero-order chi connectivity index (χ0) is 36.2. The maximum absolute atomic E-state index is 14.9. The second-order valence-electron chi connectivity index (χ2n) is 12.2. The van der Waals surface area contributed by atoms with Gasteiger partial charge >= 0.3 is 12.1 Å². The van der Waals surface area contributed by atoms with Crippen LogP contribution in [-0.4, -0.2) is 71.8 Å². The number of carboxylic acid groups (broad SMARTS) is 1. The summed E-state index contributed by atoms with van der Waals surface area (Å²) in [5.74, 6) is -0.592. The SMILES string of the molecule is CC/C(=C/c1cc(OC)c(OC2CCN(CC(O)(c3cn(Cc4ccc(F)cc4)c4cc(C#N)ccc34)C(F)(F)F)CC2)c(OC)c1)C(=O)O. The standard InChI is InChI=1S/C37H37F4N3O6/c1-4-26(35(45)46)15-25-17-32(48-2)34(33(18-25)49-3)50-28-11-13-43(14-12-28)22-36(47,37(39,40)41)30-21-44(20-23-5-8-27(38)9-6-23)31-16-24(19-42)7-10-29(30)31/h5-10,15-18,21,28,47H,4,11-14,20,22H2,1-3H3,(H,45,46)/b26-15-. The first-order valence-corrected chi connectivity index (χ1v) is 16.0. The van der Waals surface area contributed by atoms with Crippen LogP contribution in [0.5, 0.6) is 17.2 Å². The van der Waals surface area contributed by atoms with E-state index < -0.39 is 36.2 Å². The van der Waals surface area contributed by atoms with E-state index in [0.29, 0.717) is 47.4 Å². The Morgan fingerprint density at radius 3 is 2.22 bits per heavy atom. The lowest BCUT2D eigenvalue weighted by Crippen LogP contribution is -2.53. The number of likely N-dealkylation sites (tertiary alicyclic amines) is 1. The van der Waals surface area contributed by atoms with Gasteiger partial charge in [0.05, 0.1) is 31.4 Å². The third-order valence-corrected chi connectivity index (χ3v) is 8.94. The molecule has 5 rings (SSSR count). The van der Waals surface area contributed by atoms with Gasteiger partial charge in [-0.1, -0.05) is 25.1 Å². The van der Waals surface area contributed by atoms with Gasteiger partial charge in [-0.2, -0.15) is 18.4 Å². The number of ether oxygens (including phenoxy) is 3. The van der Waals surface area contributed by atoms with Crippen LogP contribution in [0.15, 0.2) is 66.4 Å². The van der Waals surface area contributed by atoms with Crippen molar-refractivity contribution in [2.75, 3.05) is 33.9 Å². The summed E-state index contributed by atoms with van der Waals surface area (Å²) in [5, 5.41) is 30.6. The first-order valence-electron chi connectivity index (χ1n) is 16.0. The van der Waals surface area contributed by atoms with Crippen molar-refractivity contribution in [2.24, 2.45) is 0 Å². The molecule has 1 fully saturated rings. The van der Waals surface area contributed by atoms with E-state index >= 15 is 0 Å². The van der Waals surface area contributed by atoms with Crippen LogP contribution in [-0.2, 0) is 16.9 Å². The van der Waals surface area contributed by atoms with Crippen molar-refractivity contribution in [3.05, 3.63) is 94.4 Å². The van der Waals surface area contributed by atoms with Crippen molar-refractivity contribution in [3.63, 3.8) is 0 Å². The largest absolute Gasteiger partial charge is 0.493 e. The van der Waals surface area contributed by atoms with Crippen LogP contribution in [0.4, 0.5) is 17.6 Å². The highest BCUT2D eigenvalue weighted by molar-refractivity contribution is 5.92. The lowest BCUT2D eigenvalue weighted by atomic mass is 9.90. The van der Waals surface area contributed by atoms with E-state index in [-0.39, 0.29) is 47.5 Å². The highest BCUT2D eigenvalue weighted by Crippen LogP contribution is 2.45. The molecule has 13 heteroatoms. The number of methoxy groups -OCH3 is 2. The van der Waals surface area contributed by atoms with E-state index in [1.54, 1.807) is 24.0 Å². The summed E-state index contributed by atoms with van der Waals surface area (Å²) in [6, 6.07) is 15.1. The van der Waals surface area contributed by atoms with E-state index in [1.165, 1.54) is 73.5 Å². The molecule has 3 aromatic carbocycles. The summed E-state index contributed by atoms with van der Waals surface area (Å²) in [4.78, 5) is 13.1. The lowest BCUT2D eigenvalue weighted by Gasteiger charge is -2.39. The van der Waals surface area contributed by atoms with Gasteiger partial charge in [0.2, 0.25) is 11.4 Å². The van der Waals surface area contributed by atoms with E-state index in [0.717, 1.165) is 0 Å². The van der Waals surface area contributed by atoms with Gasteiger partial charge in [0.25, 0.3) is 0 Å². The molecule has 0 amide bonds. The van der Waals surface area contributed by atoms with Gasteiger partial charge in [-0.3, -0.25) is 4.90 Å². The van der Waals surface area contributed by atoms with Crippen LogP contribution in [0.2, 0.25) is 0 Å². The fourth-order valence-electron chi connectivity index (χ4n) is 6.23. The third kappa shape index (κ3) is 7.56. The number of rotatable bonds is 12. The molecule has 1 aliphatic rings. The Bertz CT molecular complexity index is 1900. The average molecular weight is 696 g/mol. The third-order valence-electron chi connectivity index (χ3n) is 8.94. The lowest BCUT2D eigenvalue weighted by molar-refractivity contribution is -0.272. The quantitative estimate of drug-likeness (QED) is 0.122. The topological polar surface area (TPSA) is 117 Å². The average Bonchev–Trinajstić information content (AvgIpc) is 3.46. The number of fused-ring (bicyclic) bond motifs is 1. The number of hydrogen-bond donors (Lipinski definition) is 2. The Labute approximate surface area is 286 Å². The molecular weight excluding hydrogens is 658 g/mol. The minimum atomic E-state index is -5.06. The van der Waals surface area contributed by atoms with Gasteiger partial charge in [-0.25, -0.2) is 9.18 Å². The second-order valence-corrected chi connectivity index (χ2v) is 12.2. The summed E-state index contributed by atoms with van der Waals surface area (Å²) in [5.41, 5.74) is -1.68. The van der Waals surface area contributed by atoms with Crippen LogP contribution in [0.25, 0.3) is 17.0 Å². The Morgan fingerprint density at radius 1 is 1.04 bits per heavy atom. The zero-order valence-electron chi connectivity index (χ0n) is 27.8. The molecule has 2 N–H and O–H groups in total. The predicted molar refractivity (Wildman–Crippen MR) is 178 cm³/mol. The maximum Gasteiger partial charge on any atom is 0.422 e. The number of benzene rings is 3. The molecule has 1 aromatic heterocycles. The monoisotopic (exact) mass is 695 g/mol. The number of hydrogen-bond acceptors (Lipinski definition) is 7. The van der Waals surface area contributed by atoms with Crippen LogP contribution in [0.3, 0.4) is 0 Å². The number of aromatic nitrogens is 1. The number of carboxylic acids is 1. The molecule has 1 saturated heterocycles. The number of aliphatic hydroxyl groups is 1. The smallest absolute Gasteiger partial charge is 0.422 e. The Balaban J connectivity index is 1.38. The van der Waals surface area contributed by atoms with Crippen LogP contribution in [0, 0.1) is 17.1 Å². The summed E-state index contributed by atoms with van der Waals surface area (Å²) in [6.07, 6.45) is -1.73. The van der Waals surface area contributed by atoms with Gasteiger partial charge in [-0.15, -0.1) is 0 Å². The molecule has 264 valence electrons. The van der Waals surface area contributed by atoms with Gasteiger partial charge in [-0.05, 0) is 72.9 Å². The number of nitriles is 1. The van der Waals surface area contributed by atoms with E-state index in [4.69, 9.17) is 14.2 Å². The van der Waals surface area contributed by atoms with E-state index in [2.05, 4.69) is 0 Å². The number of alkyl halides is 3. The molecule has 0 spiro atoms. The molecule has 9 nitrogen and oxygen atoms in total. The van der Waals surface area contributed by atoms with Gasteiger partial charge < -0.3 is 29.0 Å². The molecule has 1 unspecified atom stereocenters. The summed E-state index contributed by atoms with van der Waals surface area (Å²) in [6.45, 7) is 1.44. The number of halogens is 4. The van der Waals surface area contributed by atoms with Crippen molar-refractivity contribution >= 4 is 22.9 Å². The van der Waals surface area contributed by atoms with Gasteiger partial charge in [0.15, 0.2) is 11.5 Å². The Kier molecular flexibility index (Phi) is 10.7. The first kappa shape index (κ1) is 36.2. The molecule has 0 saturated carbocycles. The molecule has 1 aliphatic heterocycles. The Hall–Kier alpha value is -5.06. The molecule has 4 aromatic rings. The van der Waals surface area contributed by atoms with Crippen molar-refractivity contribution < 1.29 is 46.8 Å². The number of β-amino-alcohol motifs (C(OH)–C–C–N with tert-alkyl or cyclic N) is 1. The van der Waals surface area contributed by atoms with Crippen molar-refractivity contribution in [1.29, 1.82) is 5.26 Å². The van der Waals surface area contributed by atoms with Crippen molar-refractivity contribution in [2.45, 2.75) is 50.6 Å². The second kappa shape index (κ2) is 14.8. The van der Waals surface area contributed by atoms with Crippen LogP contribution < -0.4 is 14.2 Å². The molecule has 1 atom stereocenters. The van der Waals surface area contributed by atoms with E-state index in [9.17, 15) is 37.8 Å². The predicted octanol–water partition coefficient (Wildman–Crippen LogP) is 6.89. The molecule has 50 heavy (non-hydrogen) atoms. The number of nitrogens with zero attached hydrogens (tertiary/aromatic N) is 3. The number of aliphatic carboxylic acids is 1. The summed E-state index contributed by atoms with van der Waals surface area (Å²) < 4.78 is 77.2. The fourth-order valence-corrected chi connectivity index (χ4v) is 6.23. The van der Waals surface area contributed by atoms with Gasteiger partial charge in [0, 0.05) is 48.9 Å². The minimum Gasteiger partial charge on any atom is -0.493 e. The normalized spacial score (nSPS) is 15.8. The molecule has 0 radical (unpaired) electrons. The highest BCUT2D eigenvalue weighted by Gasteiger charge is 2.57. The fraction of sp³-hybridized carbons (Fsp3) is 0.351. The molecular formula is C37H37F4N3O6. The molecule has 0 bridgehead atoms. The zero-order valence-corrected chi connectivity index (χ0v) is 27.8. The van der Waals surface area contributed by atoms with E-state index in [1.807, 2.05) is 6.07 Å². The highest BCUT2D eigenvalue weighted by atomic mass is 19.4. The van der Waals surface area contributed by atoms with Crippen molar-refractivity contribution in [3.8, 4) is 23.3 Å². The summed E-state index contributed by atoms with van der Waals surface area (Å²) >= 11 is 0. The molecule has 0 aliphatic carbocycles. The van der Waals surface area contributed by atoms with Crippen LogP contribution >= 0.6 is 0 Å². The number of carbonyl (C=O) groups is 1. The summed E-state index contributed by atoms with van der Waals surface area (Å²) in [7, 11) is 2.87. The first-order chi connectivity index (χ1) is 23.8.